The Balaban J connectivity index is 0. The zero-order valence-corrected chi connectivity index (χ0v) is 29.6. The van der Waals surface area contributed by atoms with Crippen molar-refractivity contribution in [1.82, 2.24) is 9.80 Å². The van der Waals surface area contributed by atoms with Crippen LogP contribution in [0.3, 0.4) is 0 Å². The van der Waals surface area contributed by atoms with E-state index in [4.69, 9.17) is 0 Å². The summed E-state index contributed by atoms with van der Waals surface area (Å²) >= 11 is 0. The topological polar surface area (TPSA) is 40.6 Å². The second-order valence-corrected chi connectivity index (χ2v) is 13.7. The highest BCUT2D eigenvalue weighted by Crippen LogP contribution is 2.16. The maximum atomic E-state index is 11.7. The molecular formula is C33H68Cl2N4O2. The van der Waals surface area contributed by atoms with E-state index in [0.29, 0.717) is 11.8 Å². The fourth-order valence-electron chi connectivity index (χ4n) is 5.94. The molecule has 0 spiro atoms. The van der Waals surface area contributed by atoms with Crippen LogP contribution in [-0.4, -0.2) is 98.3 Å². The van der Waals surface area contributed by atoms with Crippen LogP contribution in [0.15, 0.2) is 0 Å². The number of amides is 2. The van der Waals surface area contributed by atoms with Crippen LogP contribution in [0.2, 0.25) is 0 Å². The van der Waals surface area contributed by atoms with Gasteiger partial charge in [0.25, 0.3) is 0 Å². The number of carbonyl (C=O) groups is 2. The number of likely N-dealkylation sites (tertiary alicyclic amines) is 2. The van der Waals surface area contributed by atoms with Crippen molar-refractivity contribution in [2.24, 2.45) is 0 Å². The van der Waals surface area contributed by atoms with Crippen LogP contribution in [0.25, 0.3) is 0 Å². The monoisotopic (exact) mass is 622 g/mol. The average molecular weight is 624 g/mol. The van der Waals surface area contributed by atoms with Crippen LogP contribution in [0.1, 0.15) is 136 Å². The third-order valence-corrected chi connectivity index (χ3v) is 8.43. The molecule has 2 saturated heterocycles. The summed E-state index contributed by atoms with van der Waals surface area (Å²) in [6, 6.07) is 0. The maximum Gasteiger partial charge on any atom is 0.226 e. The van der Waals surface area contributed by atoms with Gasteiger partial charge in [0.05, 0.1) is 41.3 Å². The second kappa shape index (κ2) is 24.8. The molecule has 0 N–H and O–H groups in total. The molecule has 0 bridgehead atoms. The first kappa shape index (κ1) is 42.6. The first-order valence-corrected chi connectivity index (χ1v) is 16.8. The highest BCUT2D eigenvalue weighted by molar-refractivity contribution is 5.78. The van der Waals surface area contributed by atoms with Crippen molar-refractivity contribution in [2.75, 3.05) is 67.7 Å². The maximum absolute atomic E-state index is 11.7. The number of halogens is 2. The van der Waals surface area contributed by atoms with Crippen LogP contribution >= 0.6 is 0 Å². The van der Waals surface area contributed by atoms with E-state index in [0.717, 1.165) is 61.1 Å². The molecule has 2 amide bonds. The van der Waals surface area contributed by atoms with E-state index in [1.807, 2.05) is 9.80 Å². The average Bonchev–Trinajstić information content (AvgIpc) is 3.47. The summed E-state index contributed by atoms with van der Waals surface area (Å²) in [4.78, 5) is 27.4. The van der Waals surface area contributed by atoms with Crippen LogP contribution < -0.4 is 24.8 Å². The molecule has 0 aromatic heterocycles. The molecule has 0 aliphatic carbocycles. The van der Waals surface area contributed by atoms with E-state index in [-0.39, 0.29) is 24.8 Å². The van der Waals surface area contributed by atoms with E-state index in [1.165, 1.54) is 109 Å². The Morgan fingerprint density at radius 1 is 0.512 bits per heavy atom. The Bertz CT molecular complexity index is 661. The van der Waals surface area contributed by atoms with Crippen LogP contribution in [-0.2, 0) is 9.59 Å². The van der Waals surface area contributed by atoms with Gasteiger partial charge in [0.2, 0.25) is 11.8 Å². The van der Waals surface area contributed by atoms with Gasteiger partial charge in [-0.15, -0.1) is 0 Å². The highest BCUT2D eigenvalue weighted by Gasteiger charge is 2.28. The Kier molecular flexibility index (Phi) is 25.8. The predicted octanol–water partition coefficient (Wildman–Crippen LogP) is 1.18. The van der Waals surface area contributed by atoms with Gasteiger partial charge in [0.1, 0.15) is 0 Å². The summed E-state index contributed by atoms with van der Waals surface area (Å²) in [5, 5.41) is 0. The number of nitrogens with zero attached hydrogens (tertiary/aromatic N) is 4. The number of unbranched alkanes of at least 4 members (excludes halogenated alkanes) is 13. The van der Waals surface area contributed by atoms with Crippen molar-refractivity contribution in [1.29, 1.82) is 0 Å². The molecule has 0 atom stereocenters. The lowest BCUT2D eigenvalue weighted by Crippen LogP contribution is -3.00. The van der Waals surface area contributed by atoms with E-state index in [9.17, 15) is 9.59 Å². The quantitative estimate of drug-likeness (QED) is 0.143. The molecular weight excluding hydrogens is 555 g/mol. The first-order valence-electron chi connectivity index (χ1n) is 16.8. The Morgan fingerprint density at radius 3 is 1.07 bits per heavy atom. The van der Waals surface area contributed by atoms with Gasteiger partial charge in [-0.1, -0.05) is 84.5 Å². The fraction of sp³-hybridized carbons (Fsp3) is 0.939. The molecule has 2 fully saturated rings. The molecule has 246 valence electrons. The van der Waals surface area contributed by atoms with E-state index in [2.05, 4.69) is 42.0 Å². The fourth-order valence-corrected chi connectivity index (χ4v) is 5.94. The number of hydrogen-bond acceptors (Lipinski definition) is 2. The van der Waals surface area contributed by atoms with Crippen LogP contribution in [0, 0.1) is 0 Å². The SMILES string of the molecule is CCCCCCCCCC[N+](C)(C)CN1CCCC1=O.CCCCCCCCC[N+](C)(C)CN1CCCC1=O.[Cl-].[Cl-]. The molecule has 2 heterocycles. The van der Waals surface area contributed by atoms with Crippen molar-refractivity contribution in [3.63, 3.8) is 0 Å². The molecule has 0 saturated carbocycles. The zero-order valence-electron chi connectivity index (χ0n) is 28.0. The van der Waals surface area contributed by atoms with E-state index in [1.54, 1.807) is 0 Å². The minimum Gasteiger partial charge on any atom is -1.00 e. The zero-order chi connectivity index (χ0) is 29.0. The number of carbonyl (C=O) groups excluding carboxylic acids is 2. The van der Waals surface area contributed by atoms with Crippen molar-refractivity contribution in [3.05, 3.63) is 0 Å². The van der Waals surface area contributed by atoms with Gasteiger partial charge in [-0.05, 0) is 38.5 Å². The first-order chi connectivity index (χ1) is 18.6. The molecule has 41 heavy (non-hydrogen) atoms. The normalized spacial score (nSPS) is 15.5. The highest BCUT2D eigenvalue weighted by atomic mass is 35.5. The van der Waals surface area contributed by atoms with Gasteiger partial charge >= 0.3 is 0 Å². The number of rotatable bonds is 21. The van der Waals surface area contributed by atoms with Crippen LogP contribution in [0.5, 0.6) is 0 Å². The van der Waals surface area contributed by atoms with Gasteiger partial charge in [0, 0.05) is 25.9 Å². The lowest BCUT2D eigenvalue weighted by Gasteiger charge is -2.33. The lowest BCUT2D eigenvalue weighted by atomic mass is 10.1. The van der Waals surface area contributed by atoms with Gasteiger partial charge in [-0.25, -0.2) is 0 Å². The molecule has 0 aromatic rings. The van der Waals surface area contributed by atoms with E-state index < -0.39 is 0 Å². The summed E-state index contributed by atoms with van der Waals surface area (Å²) in [7, 11) is 9.02. The van der Waals surface area contributed by atoms with Crippen molar-refractivity contribution in [3.8, 4) is 0 Å². The molecule has 2 rings (SSSR count). The summed E-state index contributed by atoms with van der Waals surface area (Å²) < 4.78 is 1.92. The van der Waals surface area contributed by atoms with Gasteiger partial charge < -0.3 is 33.8 Å². The molecule has 0 radical (unpaired) electrons. The second-order valence-electron chi connectivity index (χ2n) is 13.7. The molecule has 2 aliphatic rings. The molecule has 8 heteroatoms. The minimum atomic E-state index is 0. The van der Waals surface area contributed by atoms with E-state index >= 15 is 0 Å². The standard InChI is InChI=1S/C17H35N2O.C16H33N2O.2ClH/c1-4-5-6-7-8-9-10-11-15-19(2,3)16-18-14-12-13-17(18)20;1-4-5-6-7-8-9-10-14-18(2,3)15-17-13-11-12-16(17)19;;/h4-16H2,1-3H3;4-15H2,1-3H3;2*1H/q2*+1;;/p-2. The largest absolute Gasteiger partial charge is 1.00 e. The molecule has 0 unspecified atom stereocenters. The summed E-state index contributed by atoms with van der Waals surface area (Å²) in [5.74, 6) is 0.706. The molecule has 0 aromatic carbocycles. The van der Waals surface area contributed by atoms with Gasteiger partial charge in [-0.2, -0.15) is 0 Å². The third kappa shape index (κ3) is 21.7. The van der Waals surface area contributed by atoms with Crippen molar-refractivity contribution in [2.45, 2.75) is 136 Å². The van der Waals surface area contributed by atoms with Crippen molar-refractivity contribution < 1.29 is 43.4 Å². The number of quaternary nitrogens is 2. The summed E-state index contributed by atoms with van der Waals surface area (Å²) in [6.07, 6.45) is 24.1. The minimum absolute atomic E-state index is 0. The van der Waals surface area contributed by atoms with Crippen molar-refractivity contribution >= 4 is 11.8 Å². The number of hydrogen-bond donors (Lipinski definition) is 0. The predicted molar refractivity (Wildman–Crippen MR) is 166 cm³/mol. The van der Waals surface area contributed by atoms with Gasteiger partial charge in [-0.3, -0.25) is 19.4 Å². The molecule has 2 aliphatic heterocycles. The summed E-state index contributed by atoms with van der Waals surface area (Å²) in [6.45, 7) is 10.7. The van der Waals surface area contributed by atoms with Crippen LogP contribution in [0.4, 0.5) is 0 Å². The lowest BCUT2D eigenvalue weighted by molar-refractivity contribution is -0.899. The Morgan fingerprint density at radius 2 is 0.805 bits per heavy atom. The Hall–Kier alpha value is -0.560. The van der Waals surface area contributed by atoms with Gasteiger partial charge in [0.15, 0.2) is 13.3 Å². The smallest absolute Gasteiger partial charge is 0.226 e. The summed E-state index contributed by atoms with van der Waals surface area (Å²) in [5.41, 5.74) is 0. The Labute approximate surface area is 268 Å². The molecule has 6 nitrogen and oxygen atoms in total. The third-order valence-electron chi connectivity index (χ3n) is 8.43.